The predicted octanol–water partition coefficient (Wildman–Crippen LogP) is 1.61. The van der Waals surface area contributed by atoms with Gasteiger partial charge in [-0.05, 0) is 23.5 Å². The van der Waals surface area contributed by atoms with E-state index in [-0.39, 0.29) is 0 Å². The van der Waals surface area contributed by atoms with Crippen LogP contribution in [0.25, 0.3) is 0 Å². The van der Waals surface area contributed by atoms with E-state index in [2.05, 4.69) is 9.79 Å². The number of hydrogen-bond donors (Lipinski definition) is 1. The van der Waals surface area contributed by atoms with Gasteiger partial charge in [0.2, 0.25) is 6.54 Å². The smallest absolute Gasteiger partial charge is 0.284 e. The van der Waals surface area contributed by atoms with Crippen LogP contribution in [0.4, 0.5) is 0 Å². The lowest BCUT2D eigenvalue weighted by atomic mass is 10.2. The van der Waals surface area contributed by atoms with Crippen molar-refractivity contribution in [2.45, 2.75) is 6.54 Å². The number of benzene rings is 1. The molecule has 0 aliphatic rings. The van der Waals surface area contributed by atoms with Crippen LogP contribution in [0, 0.1) is 0 Å². The molecule has 0 atom stereocenters. The van der Waals surface area contributed by atoms with Gasteiger partial charge in [-0.15, -0.1) is 0 Å². The van der Waals surface area contributed by atoms with Crippen LogP contribution in [0.5, 0.6) is 0 Å². The molecule has 0 saturated carbocycles. The number of hydrogen-bond acceptors (Lipinski definition) is 2. The maximum absolute atomic E-state index is 10.7. The Labute approximate surface area is 95.0 Å². The Bertz CT molecular complexity index is 533. The predicted molar refractivity (Wildman–Crippen MR) is 55.1 cm³/mol. The number of aromatic amines is 1. The van der Waals surface area contributed by atoms with Gasteiger partial charge in [-0.3, -0.25) is 4.52 Å². The zero-order chi connectivity index (χ0) is 10.8. The lowest BCUT2D eigenvalue weighted by Crippen LogP contribution is -2.36. The Morgan fingerprint density at radius 1 is 1.40 bits per heavy atom. The fourth-order valence-corrected chi connectivity index (χ4v) is 1.66. The average Bonchev–Trinajstić information content (AvgIpc) is 2.56. The normalized spacial score (nSPS) is 10.5. The molecule has 0 spiro atoms. The molecule has 0 unspecified atom stereocenters. The number of aromatic nitrogens is 2. The van der Waals surface area contributed by atoms with Crippen LogP contribution in [0.3, 0.4) is 0 Å². The van der Waals surface area contributed by atoms with Gasteiger partial charge in [-0.25, -0.2) is 4.79 Å². The van der Waals surface area contributed by atoms with Crippen LogP contribution in [0.2, 0.25) is 10.0 Å². The number of H-pyrrole nitrogens is 1. The van der Waals surface area contributed by atoms with Gasteiger partial charge in [0.15, 0.2) is 0 Å². The Balaban J connectivity index is 2.28. The number of nitrogens with one attached hydrogen (secondary N) is 1. The summed E-state index contributed by atoms with van der Waals surface area (Å²) in [4.78, 5) is 10.7. The first-order chi connectivity index (χ1) is 7.15. The van der Waals surface area contributed by atoms with Gasteiger partial charge in [-0.1, -0.05) is 27.9 Å². The summed E-state index contributed by atoms with van der Waals surface area (Å²) in [5.74, 6) is 0. The molecule has 0 bridgehead atoms. The first-order valence-electron chi connectivity index (χ1n) is 4.17. The second kappa shape index (κ2) is 4.08. The minimum absolute atomic E-state index is 0.430. The van der Waals surface area contributed by atoms with Crippen LogP contribution in [0.15, 0.2) is 33.7 Å². The van der Waals surface area contributed by atoms with Gasteiger partial charge >= 0.3 is 5.63 Å². The maximum atomic E-state index is 10.7. The van der Waals surface area contributed by atoms with Gasteiger partial charge in [-0.2, -0.15) is 0 Å². The number of rotatable bonds is 2. The lowest BCUT2D eigenvalue weighted by molar-refractivity contribution is -0.754. The molecule has 1 N–H and O–H groups in total. The van der Waals surface area contributed by atoms with E-state index < -0.39 is 5.63 Å². The first kappa shape index (κ1) is 10.3. The van der Waals surface area contributed by atoms with E-state index >= 15 is 0 Å². The molecule has 6 heteroatoms. The fourth-order valence-electron chi connectivity index (χ4n) is 1.19. The third kappa shape index (κ3) is 2.40. The Kier molecular flexibility index (Phi) is 2.79. The van der Waals surface area contributed by atoms with Crippen molar-refractivity contribution in [3.63, 3.8) is 0 Å². The van der Waals surface area contributed by atoms with Crippen LogP contribution < -0.4 is 10.3 Å². The van der Waals surface area contributed by atoms with Gasteiger partial charge in [0.25, 0.3) is 6.20 Å². The molecular weight excluding hydrogens is 239 g/mol. The first-order valence-corrected chi connectivity index (χ1v) is 4.92. The number of nitrogens with zero attached hydrogens (tertiary/aromatic N) is 1. The summed E-state index contributed by atoms with van der Waals surface area (Å²) < 4.78 is 6.01. The van der Waals surface area contributed by atoms with E-state index in [0.29, 0.717) is 16.6 Å². The Hall–Kier alpha value is -1.26. The SMILES string of the molecule is O=c1c[n+](Cc2ccc(Cl)cc2Cl)[nH]o1. The fraction of sp³-hybridized carbons (Fsp3) is 0.111. The molecule has 78 valence electrons. The summed E-state index contributed by atoms with van der Waals surface area (Å²) in [6, 6.07) is 5.18. The molecule has 15 heavy (non-hydrogen) atoms. The van der Waals surface area contributed by atoms with E-state index in [1.165, 1.54) is 10.9 Å². The molecule has 4 nitrogen and oxygen atoms in total. The highest BCUT2D eigenvalue weighted by Gasteiger charge is 2.10. The van der Waals surface area contributed by atoms with Crippen LogP contribution in [0.1, 0.15) is 5.56 Å². The van der Waals surface area contributed by atoms with E-state index in [9.17, 15) is 4.79 Å². The summed E-state index contributed by atoms with van der Waals surface area (Å²) in [5, 5.41) is 3.56. The van der Waals surface area contributed by atoms with E-state index in [4.69, 9.17) is 23.2 Å². The minimum Gasteiger partial charge on any atom is -0.284 e. The monoisotopic (exact) mass is 245 g/mol. The highest BCUT2D eigenvalue weighted by atomic mass is 35.5. The highest BCUT2D eigenvalue weighted by molar-refractivity contribution is 6.35. The molecule has 0 fully saturated rings. The van der Waals surface area contributed by atoms with Crippen LogP contribution in [-0.4, -0.2) is 5.27 Å². The topological polar surface area (TPSA) is 49.9 Å². The molecule has 1 aromatic carbocycles. The van der Waals surface area contributed by atoms with Gasteiger partial charge < -0.3 is 0 Å². The zero-order valence-corrected chi connectivity index (χ0v) is 9.05. The molecular formula is C9H7Cl2N2O2+. The molecule has 2 rings (SSSR count). The van der Waals surface area contributed by atoms with Gasteiger partial charge in [0.05, 0.1) is 5.02 Å². The van der Waals surface area contributed by atoms with Crippen molar-refractivity contribution in [3.8, 4) is 0 Å². The van der Waals surface area contributed by atoms with Crippen LogP contribution in [-0.2, 0) is 6.54 Å². The third-order valence-electron chi connectivity index (χ3n) is 1.88. The summed E-state index contributed by atoms with van der Waals surface area (Å²) in [6.07, 6.45) is 1.31. The van der Waals surface area contributed by atoms with E-state index in [0.717, 1.165) is 5.56 Å². The summed E-state index contributed by atoms with van der Waals surface area (Å²) in [5.41, 5.74) is 0.420. The molecule has 0 aliphatic carbocycles. The lowest BCUT2D eigenvalue weighted by Gasteiger charge is -1.98. The Morgan fingerprint density at radius 2 is 2.20 bits per heavy atom. The molecule has 1 aromatic heterocycles. The second-order valence-corrected chi connectivity index (χ2v) is 3.85. The largest absolute Gasteiger partial charge is 0.426 e. The van der Waals surface area contributed by atoms with Crippen molar-refractivity contribution in [1.29, 1.82) is 0 Å². The quantitative estimate of drug-likeness (QED) is 0.818. The molecule has 2 aromatic rings. The molecule has 0 aliphatic heterocycles. The van der Waals surface area contributed by atoms with Crippen molar-refractivity contribution in [1.82, 2.24) is 5.27 Å². The molecule has 0 radical (unpaired) electrons. The summed E-state index contributed by atoms with van der Waals surface area (Å²) in [6.45, 7) is 0.432. The van der Waals surface area contributed by atoms with Gasteiger partial charge in [0.1, 0.15) is 0 Å². The molecule has 0 saturated heterocycles. The third-order valence-corrected chi connectivity index (χ3v) is 2.47. The van der Waals surface area contributed by atoms with Crippen LogP contribution >= 0.6 is 23.2 Å². The van der Waals surface area contributed by atoms with Crippen molar-refractivity contribution < 1.29 is 9.20 Å². The van der Waals surface area contributed by atoms with Crippen molar-refractivity contribution >= 4 is 23.2 Å². The van der Waals surface area contributed by atoms with Crippen molar-refractivity contribution in [2.24, 2.45) is 0 Å². The van der Waals surface area contributed by atoms with Crippen molar-refractivity contribution in [2.75, 3.05) is 0 Å². The summed E-state index contributed by atoms with van der Waals surface area (Å²) in [7, 11) is 0. The number of halogens is 2. The van der Waals surface area contributed by atoms with E-state index in [1.54, 1.807) is 18.2 Å². The standard InChI is InChI=1S/C9H6Cl2N2O2/c10-7-2-1-6(8(11)3-7)4-13-5-9(14)15-12-13/h1-3,5H,4H2/p+1. The minimum atomic E-state index is -0.430. The maximum Gasteiger partial charge on any atom is 0.426 e. The average molecular weight is 246 g/mol. The van der Waals surface area contributed by atoms with Crippen molar-refractivity contribution in [3.05, 3.63) is 50.4 Å². The molecule has 1 heterocycles. The highest BCUT2D eigenvalue weighted by Crippen LogP contribution is 2.20. The summed E-state index contributed by atoms with van der Waals surface area (Å²) >= 11 is 11.7. The second-order valence-electron chi connectivity index (χ2n) is 3.01. The zero-order valence-electron chi connectivity index (χ0n) is 7.54. The molecule has 0 amide bonds. The van der Waals surface area contributed by atoms with Gasteiger partial charge in [0, 0.05) is 10.6 Å². The van der Waals surface area contributed by atoms with E-state index in [1.807, 2.05) is 0 Å². The Morgan fingerprint density at radius 3 is 2.80 bits per heavy atom.